The van der Waals surface area contributed by atoms with Crippen LogP contribution in [0.5, 0.6) is 5.75 Å². The van der Waals surface area contributed by atoms with Crippen molar-refractivity contribution in [2.24, 2.45) is 0 Å². The Hall–Kier alpha value is -3.07. The van der Waals surface area contributed by atoms with E-state index in [1.807, 2.05) is 72.8 Å². The third-order valence-electron chi connectivity index (χ3n) is 3.17. The van der Waals surface area contributed by atoms with E-state index >= 15 is 0 Å². The number of nitrogens with one attached hydrogen (secondary N) is 1. The molecule has 1 amide bonds. The van der Waals surface area contributed by atoms with Gasteiger partial charge in [-0.25, -0.2) is 4.79 Å². The Labute approximate surface area is 129 Å². The number of amides is 1. The standard InChI is InChI=1S/C19H15NO2/c21-19(22-18-12-5-2-6-13-18)20-17-11-7-10-16(14-17)15-8-3-1-4-9-15/h1-14H,(H,20,21). The zero-order valence-corrected chi connectivity index (χ0v) is 11.9. The van der Waals surface area contributed by atoms with Crippen LogP contribution < -0.4 is 10.1 Å². The molecule has 0 heterocycles. The molecule has 3 nitrogen and oxygen atoms in total. The molecule has 3 aromatic rings. The summed E-state index contributed by atoms with van der Waals surface area (Å²) in [4.78, 5) is 11.9. The molecule has 0 unspecified atom stereocenters. The molecule has 0 saturated carbocycles. The number of hydrogen-bond donors (Lipinski definition) is 1. The molecular formula is C19H15NO2. The highest BCUT2D eigenvalue weighted by molar-refractivity contribution is 5.87. The van der Waals surface area contributed by atoms with Gasteiger partial charge in [0.15, 0.2) is 0 Å². The minimum atomic E-state index is -0.503. The van der Waals surface area contributed by atoms with Gasteiger partial charge in [-0.1, -0.05) is 60.7 Å². The molecule has 0 spiro atoms. The highest BCUT2D eigenvalue weighted by Gasteiger charge is 2.05. The van der Waals surface area contributed by atoms with Gasteiger partial charge in [-0.15, -0.1) is 0 Å². The van der Waals surface area contributed by atoms with Crippen molar-refractivity contribution in [2.45, 2.75) is 0 Å². The van der Waals surface area contributed by atoms with E-state index in [2.05, 4.69) is 5.32 Å². The average molecular weight is 289 g/mol. The molecule has 0 fully saturated rings. The molecule has 1 N–H and O–H groups in total. The van der Waals surface area contributed by atoms with Gasteiger partial charge in [0.05, 0.1) is 0 Å². The zero-order chi connectivity index (χ0) is 15.2. The first-order chi connectivity index (χ1) is 10.8. The van der Waals surface area contributed by atoms with Crippen LogP contribution in [0.2, 0.25) is 0 Å². The molecule has 22 heavy (non-hydrogen) atoms. The quantitative estimate of drug-likeness (QED) is 0.739. The maximum atomic E-state index is 11.9. The lowest BCUT2D eigenvalue weighted by Crippen LogP contribution is -2.16. The van der Waals surface area contributed by atoms with Gasteiger partial charge in [0, 0.05) is 5.69 Å². The van der Waals surface area contributed by atoms with Crippen molar-refractivity contribution < 1.29 is 9.53 Å². The monoisotopic (exact) mass is 289 g/mol. The van der Waals surface area contributed by atoms with Crippen LogP contribution in [0.3, 0.4) is 0 Å². The highest BCUT2D eigenvalue weighted by atomic mass is 16.6. The Morgan fingerprint density at radius 1 is 0.727 bits per heavy atom. The fourth-order valence-corrected chi connectivity index (χ4v) is 2.15. The fraction of sp³-hybridized carbons (Fsp3) is 0. The summed E-state index contributed by atoms with van der Waals surface area (Å²) in [5.41, 5.74) is 2.84. The smallest absolute Gasteiger partial charge is 0.410 e. The van der Waals surface area contributed by atoms with E-state index in [4.69, 9.17) is 4.74 Å². The Balaban J connectivity index is 1.72. The van der Waals surface area contributed by atoms with Crippen LogP contribution in [0.1, 0.15) is 0 Å². The van der Waals surface area contributed by atoms with Gasteiger partial charge in [-0.05, 0) is 35.4 Å². The fourth-order valence-electron chi connectivity index (χ4n) is 2.15. The van der Waals surface area contributed by atoms with Crippen molar-refractivity contribution in [3.8, 4) is 16.9 Å². The van der Waals surface area contributed by atoms with Crippen LogP contribution >= 0.6 is 0 Å². The zero-order valence-electron chi connectivity index (χ0n) is 11.9. The Morgan fingerprint density at radius 3 is 2.09 bits per heavy atom. The summed E-state index contributed by atoms with van der Waals surface area (Å²) in [5.74, 6) is 0.513. The second-order valence-corrected chi connectivity index (χ2v) is 4.77. The van der Waals surface area contributed by atoms with Crippen LogP contribution in [0, 0.1) is 0 Å². The SMILES string of the molecule is O=C(Nc1cccc(-c2ccccc2)c1)Oc1ccccc1. The second kappa shape index (κ2) is 6.59. The summed E-state index contributed by atoms with van der Waals surface area (Å²) in [7, 11) is 0. The van der Waals surface area contributed by atoms with E-state index < -0.39 is 6.09 Å². The number of para-hydroxylation sites is 1. The number of ether oxygens (including phenoxy) is 1. The summed E-state index contributed by atoms with van der Waals surface area (Å²) in [6, 6.07) is 26.6. The molecule has 0 radical (unpaired) electrons. The van der Waals surface area contributed by atoms with E-state index in [-0.39, 0.29) is 0 Å². The molecule has 3 aromatic carbocycles. The van der Waals surface area contributed by atoms with Crippen LogP contribution in [0.15, 0.2) is 84.9 Å². The number of hydrogen-bond acceptors (Lipinski definition) is 2. The molecule has 108 valence electrons. The lowest BCUT2D eigenvalue weighted by molar-refractivity contribution is 0.215. The van der Waals surface area contributed by atoms with Crippen molar-refractivity contribution in [1.82, 2.24) is 0 Å². The summed E-state index contributed by atoms with van der Waals surface area (Å²) < 4.78 is 5.21. The first kappa shape index (κ1) is 13.9. The Kier molecular flexibility index (Phi) is 4.16. The third-order valence-corrected chi connectivity index (χ3v) is 3.17. The molecule has 0 aliphatic carbocycles. The minimum absolute atomic E-state index is 0.503. The summed E-state index contributed by atoms with van der Waals surface area (Å²) >= 11 is 0. The lowest BCUT2D eigenvalue weighted by Gasteiger charge is -2.08. The Morgan fingerprint density at radius 2 is 1.36 bits per heavy atom. The van der Waals surface area contributed by atoms with Gasteiger partial charge in [0.2, 0.25) is 0 Å². The molecule has 0 saturated heterocycles. The first-order valence-electron chi connectivity index (χ1n) is 7.01. The van der Waals surface area contributed by atoms with Crippen molar-refractivity contribution in [3.63, 3.8) is 0 Å². The molecule has 0 bridgehead atoms. The first-order valence-corrected chi connectivity index (χ1v) is 7.01. The number of anilines is 1. The van der Waals surface area contributed by atoms with Gasteiger partial charge in [-0.3, -0.25) is 5.32 Å². The molecular weight excluding hydrogens is 274 g/mol. The van der Waals surface area contributed by atoms with Gasteiger partial charge >= 0.3 is 6.09 Å². The molecule has 0 aromatic heterocycles. The summed E-state index contributed by atoms with van der Waals surface area (Å²) in [5, 5.41) is 2.74. The van der Waals surface area contributed by atoms with Crippen molar-refractivity contribution in [2.75, 3.05) is 5.32 Å². The average Bonchev–Trinajstić information content (AvgIpc) is 2.57. The second-order valence-electron chi connectivity index (χ2n) is 4.77. The number of carbonyl (C=O) groups is 1. The summed E-state index contributed by atoms with van der Waals surface area (Å²) in [6.45, 7) is 0. The van der Waals surface area contributed by atoms with E-state index in [1.54, 1.807) is 12.1 Å². The largest absolute Gasteiger partial charge is 0.417 e. The van der Waals surface area contributed by atoms with Gasteiger partial charge in [0.1, 0.15) is 5.75 Å². The maximum Gasteiger partial charge on any atom is 0.417 e. The number of benzene rings is 3. The number of rotatable bonds is 3. The topological polar surface area (TPSA) is 38.3 Å². The molecule has 0 aliphatic heterocycles. The lowest BCUT2D eigenvalue weighted by atomic mass is 10.1. The number of carbonyl (C=O) groups excluding carboxylic acids is 1. The van der Waals surface area contributed by atoms with Crippen LogP contribution in [-0.2, 0) is 0 Å². The van der Waals surface area contributed by atoms with Gasteiger partial charge in [0.25, 0.3) is 0 Å². The maximum absolute atomic E-state index is 11.9. The van der Waals surface area contributed by atoms with Crippen LogP contribution in [-0.4, -0.2) is 6.09 Å². The van der Waals surface area contributed by atoms with Gasteiger partial charge in [-0.2, -0.15) is 0 Å². The van der Waals surface area contributed by atoms with Crippen molar-refractivity contribution in [3.05, 3.63) is 84.9 Å². The van der Waals surface area contributed by atoms with E-state index in [0.717, 1.165) is 11.1 Å². The molecule has 3 rings (SSSR count). The molecule has 3 heteroatoms. The predicted octanol–water partition coefficient (Wildman–Crippen LogP) is 4.96. The van der Waals surface area contributed by atoms with Crippen LogP contribution in [0.25, 0.3) is 11.1 Å². The Bertz CT molecular complexity index is 755. The van der Waals surface area contributed by atoms with Crippen LogP contribution in [0.4, 0.5) is 10.5 Å². The van der Waals surface area contributed by atoms with E-state index in [9.17, 15) is 4.79 Å². The highest BCUT2D eigenvalue weighted by Crippen LogP contribution is 2.22. The van der Waals surface area contributed by atoms with Gasteiger partial charge < -0.3 is 4.74 Å². The normalized spacial score (nSPS) is 10.0. The van der Waals surface area contributed by atoms with E-state index in [0.29, 0.717) is 11.4 Å². The predicted molar refractivity (Wildman–Crippen MR) is 88.0 cm³/mol. The van der Waals surface area contributed by atoms with E-state index in [1.165, 1.54) is 0 Å². The summed E-state index contributed by atoms with van der Waals surface area (Å²) in [6.07, 6.45) is -0.503. The molecule has 0 atom stereocenters. The minimum Gasteiger partial charge on any atom is -0.410 e. The van der Waals surface area contributed by atoms with Crippen molar-refractivity contribution >= 4 is 11.8 Å². The molecule has 0 aliphatic rings. The third kappa shape index (κ3) is 3.52. The van der Waals surface area contributed by atoms with Crippen molar-refractivity contribution in [1.29, 1.82) is 0 Å².